The molecule has 1 aromatic heterocycles. The van der Waals surface area contributed by atoms with Gasteiger partial charge in [0.05, 0.1) is 23.4 Å². The quantitative estimate of drug-likeness (QED) is 0.180. The third kappa shape index (κ3) is 9.75. The third-order valence-corrected chi connectivity index (χ3v) is 10.7. The summed E-state index contributed by atoms with van der Waals surface area (Å²) in [5.74, 6) is -0.618. The zero-order chi connectivity index (χ0) is 35.5. The molecule has 3 fully saturated rings. The molecule has 4 heterocycles. The molecule has 5 rings (SSSR count). The first-order valence-corrected chi connectivity index (χ1v) is 19.5. The van der Waals surface area contributed by atoms with E-state index in [1.54, 1.807) is 11.0 Å². The van der Waals surface area contributed by atoms with Crippen molar-refractivity contribution in [3.05, 3.63) is 35.3 Å². The average molecular weight is 720 g/mol. The van der Waals surface area contributed by atoms with Crippen molar-refractivity contribution in [2.45, 2.75) is 97.5 Å². The number of benzene rings is 1. The molecule has 49 heavy (non-hydrogen) atoms. The Morgan fingerprint density at radius 3 is 2.51 bits per heavy atom. The predicted molar refractivity (Wildman–Crippen MR) is 187 cm³/mol. The normalized spacial score (nSPS) is 23.3. The van der Waals surface area contributed by atoms with Gasteiger partial charge in [0.15, 0.2) is 12.3 Å². The highest BCUT2D eigenvalue weighted by Crippen LogP contribution is 2.37. The number of hydrogen-bond acceptors (Lipinski definition) is 9. The summed E-state index contributed by atoms with van der Waals surface area (Å²) in [6.07, 6.45) is 5.05. The fraction of sp³-hybridized carbons (Fsp3) is 0.647. The Balaban J connectivity index is 1.35. The highest BCUT2D eigenvalue weighted by molar-refractivity contribution is 7.46. The van der Waals surface area contributed by atoms with Gasteiger partial charge in [0.2, 0.25) is 5.91 Å². The van der Waals surface area contributed by atoms with Gasteiger partial charge in [-0.05, 0) is 74.6 Å². The van der Waals surface area contributed by atoms with E-state index < -0.39 is 32.0 Å². The van der Waals surface area contributed by atoms with Crippen LogP contribution in [0.15, 0.2) is 30.3 Å². The van der Waals surface area contributed by atoms with E-state index in [-0.39, 0.29) is 42.3 Å². The lowest BCUT2D eigenvalue weighted by Crippen LogP contribution is -2.74. The molecule has 3 amide bonds. The second-order valence-electron chi connectivity index (χ2n) is 14.8. The topological polar surface area (TPSA) is 153 Å². The van der Waals surface area contributed by atoms with Gasteiger partial charge in [-0.3, -0.25) is 23.7 Å². The van der Waals surface area contributed by atoms with Gasteiger partial charge in [0.25, 0.3) is 11.8 Å². The van der Waals surface area contributed by atoms with Crippen molar-refractivity contribution in [2.75, 3.05) is 32.8 Å². The number of phosphoric acid groups is 1. The number of fused-ring (bicyclic) bond motifs is 2. The molecule has 13 nitrogen and oxygen atoms in total. The van der Waals surface area contributed by atoms with Gasteiger partial charge >= 0.3 is 7.82 Å². The lowest BCUT2D eigenvalue weighted by Gasteiger charge is -2.55. The number of aromatic nitrogens is 1. The number of phosphoric ester groups is 1. The summed E-state index contributed by atoms with van der Waals surface area (Å²) >= 11 is 1.48. The molecule has 270 valence electrons. The molecule has 2 aromatic rings. The number of nitrogens with zero attached hydrogens (tertiary/aromatic N) is 5. The van der Waals surface area contributed by atoms with Crippen molar-refractivity contribution >= 4 is 53.2 Å². The summed E-state index contributed by atoms with van der Waals surface area (Å²) in [5.41, 5.74) is 0.586. The molecule has 0 bridgehead atoms. The Hall–Kier alpha value is -2.71. The molecule has 3 aliphatic rings. The average Bonchev–Trinajstić information content (AvgIpc) is 3.44. The smallest absolute Gasteiger partial charge is 0.334 e. The number of unbranched alkanes of at least 4 members (excludes halogenated alkanes) is 1. The monoisotopic (exact) mass is 719 g/mol. The zero-order valence-electron chi connectivity index (χ0n) is 29.1. The molecule has 3 saturated heterocycles. The van der Waals surface area contributed by atoms with E-state index in [1.165, 1.54) is 22.5 Å². The maximum atomic E-state index is 14.4. The first kappa shape index (κ1) is 37.5. The highest BCUT2D eigenvalue weighted by atomic mass is 32.1. The molecule has 3 aliphatic heterocycles. The van der Waals surface area contributed by atoms with Crippen molar-refractivity contribution in [1.82, 2.24) is 24.7 Å². The van der Waals surface area contributed by atoms with Gasteiger partial charge in [-0.25, -0.2) is 9.55 Å². The third-order valence-electron chi connectivity index (χ3n) is 9.14. The number of piperazine rings is 1. The lowest BCUT2D eigenvalue weighted by molar-refractivity contribution is -0.276. The Morgan fingerprint density at radius 1 is 1.14 bits per heavy atom. The van der Waals surface area contributed by atoms with Crippen LogP contribution in [-0.2, 0) is 28.3 Å². The predicted octanol–water partition coefficient (Wildman–Crippen LogP) is 4.65. The fourth-order valence-corrected chi connectivity index (χ4v) is 8.13. The molecule has 3 atom stereocenters. The zero-order valence-corrected chi connectivity index (χ0v) is 30.8. The Bertz CT molecular complexity index is 1530. The van der Waals surface area contributed by atoms with Gasteiger partial charge in [-0.15, -0.1) is 11.3 Å². The van der Waals surface area contributed by atoms with Crippen LogP contribution in [-0.4, -0.2) is 109 Å². The minimum atomic E-state index is -4.46. The largest absolute Gasteiger partial charge is 0.469 e. The van der Waals surface area contributed by atoms with E-state index in [0.29, 0.717) is 24.3 Å². The number of carbonyl (C=O) groups is 3. The number of thiazole rings is 1. The SMILES string of the molecule is CC(C)C[C@H]1ON(C(=O)/C=C/c2nc3ccccc3s2)[C@H]2CN(C3CCN(CCCCOP(=O)(O)O)CC3)C(=O)[C@H](CC(C)(C)C)N2C1=O. The van der Waals surface area contributed by atoms with Crippen LogP contribution in [0.25, 0.3) is 16.3 Å². The summed E-state index contributed by atoms with van der Waals surface area (Å²) < 4.78 is 16.5. The van der Waals surface area contributed by atoms with E-state index in [4.69, 9.17) is 14.6 Å². The molecule has 15 heteroatoms. The molecule has 0 spiro atoms. The highest BCUT2D eigenvalue weighted by Gasteiger charge is 2.54. The summed E-state index contributed by atoms with van der Waals surface area (Å²) in [6, 6.07) is 6.98. The van der Waals surface area contributed by atoms with E-state index in [0.717, 1.165) is 49.1 Å². The standard InChI is InChI=1S/C34H50N5O8PS/c1-23(2)20-27-33(42)38-26(21-34(3,4)5)32(41)37(24-14-17-36(18-15-24)16-8-9-19-46-48(43,44)45)22-30(38)39(47-27)31(40)13-12-29-35-25-10-6-7-11-28(25)49-29/h6-7,10-13,23-24,26-27,30H,8-9,14-22H2,1-5H3,(H2,43,44,45)/b13-12+/t26-,27+,30-/m0/s1. The Kier molecular flexibility index (Phi) is 12.0. The van der Waals surface area contributed by atoms with Gasteiger partial charge < -0.3 is 24.5 Å². The van der Waals surface area contributed by atoms with Crippen molar-refractivity contribution in [3.63, 3.8) is 0 Å². The maximum absolute atomic E-state index is 14.4. The van der Waals surface area contributed by atoms with Crippen LogP contribution in [0.2, 0.25) is 0 Å². The first-order valence-electron chi connectivity index (χ1n) is 17.2. The Morgan fingerprint density at radius 2 is 1.86 bits per heavy atom. The van der Waals surface area contributed by atoms with Crippen molar-refractivity contribution in [1.29, 1.82) is 0 Å². The van der Waals surface area contributed by atoms with E-state index >= 15 is 0 Å². The summed E-state index contributed by atoms with van der Waals surface area (Å²) in [4.78, 5) is 76.9. The van der Waals surface area contributed by atoms with E-state index in [1.807, 2.05) is 43.0 Å². The first-order chi connectivity index (χ1) is 23.1. The minimum absolute atomic E-state index is 0.0000977. The molecular weight excluding hydrogens is 669 g/mol. The number of hydrogen-bond donors (Lipinski definition) is 2. The van der Waals surface area contributed by atoms with Gasteiger partial charge in [0, 0.05) is 25.2 Å². The number of rotatable bonds is 12. The number of piperidine rings is 1. The number of carbonyl (C=O) groups excluding carboxylic acids is 3. The fourth-order valence-electron chi connectivity index (χ4n) is 6.90. The second-order valence-corrected chi connectivity index (χ2v) is 17.1. The number of amides is 3. The number of para-hydroxylation sites is 1. The lowest BCUT2D eigenvalue weighted by atomic mass is 9.84. The summed E-state index contributed by atoms with van der Waals surface area (Å²) in [5, 5.41) is 2.01. The van der Waals surface area contributed by atoms with Crippen LogP contribution in [0, 0.1) is 11.3 Å². The molecule has 1 aromatic carbocycles. The van der Waals surface area contributed by atoms with Crippen LogP contribution in [0.5, 0.6) is 0 Å². The number of likely N-dealkylation sites (tertiary alicyclic amines) is 1. The second kappa shape index (κ2) is 15.7. The van der Waals surface area contributed by atoms with E-state index in [2.05, 4.69) is 35.2 Å². The van der Waals surface area contributed by atoms with Crippen LogP contribution in [0.3, 0.4) is 0 Å². The van der Waals surface area contributed by atoms with Gasteiger partial charge in [0.1, 0.15) is 11.0 Å². The number of hydroxylamine groups is 2. The summed E-state index contributed by atoms with van der Waals surface area (Å²) in [7, 11) is -4.46. The Labute approximate surface area is 292 Å². The van der Waals surface area contributed by atoms with Crippen molar-refractivity contribution < 1.29 is 38.1 Å². The van der Waals surface area contributed by atoms with E-state index in [9.17, 15) is 18.9 Å². The molecule has 0 saturated carbocycles. The molecular formula is C34H50N5O8PS. The molecule has 0 aliphatic carbocycles. The maximum Gasteiger partial charge on any atom is 0.469 e. The summed E-state index contributed by atoms with van der Waals surface area (Å²) in [6.45, 7) is 12.6. The van der Waals surface area contributed by atoms with Crippen LogP contribution in [0.1, 0.15) is 78.2 Å². The van der Waals surface area contributed by atoms with Crippen LogP contribution in [0.4, 0.5) is 0 Å². The van der Waals surface area contributed by atoms with Crippen molar-refractivity contribution in [2.24, 2.45) is 11.3 Å². The molecule has 0 radical (unpaired) electrons. The van der Waals surface area contributed by atoms with Crippen LogP contribution < -0.4 is 0 Å². The van der Waals surface area contributed by atoms with Gasteiger partial charge in [-0.1, -0.05) is 46.8 Å². The van der Waals surface area contributed by atoms with Crippen molar-refractivity contribution in [3.8, 4) is 0 Å². The van der Waals surface area contributed by atoms with Gasteiger partial charge in [-0.2, -0.15) is 5.06 Å². The van der Waals surface area contributed by atoms with Crippen LogP contribution >= 0.6 is 19.2 Å². The molecule has 2 N–H and O–H groups in total. The molecule has 0 unspecified atom stereocenters. The minimum Gasteiger partial charge on any atom is -0.334 e.